The fourth-order valence-corrected chi connectivity index (χ4v) is 1.69. The molecule has 2 aromatic rings. The van der Waals surface area contributed by atoms with Gasteiger partial charge in [0.05, 0.1) is 0 Å². The molecule has 0 saturated carbocycles. The van der Waals surface area contributed by atoms with Crippen LogP contribution >= 0.6 is 11.6 Å². The molecule has 0 N–H and O–H groups in total. The van der Waals surface area contributed by atoms with Crippen LogP contribution in [0.15, 0.2) is 6.07 Å². The number of aryl methyl sites for hydroxylation is 2. The highest BCUT2D eigenvalue weighted by molar-refractivity contribution is 6.29. The summed E-state index contributed by atoms with van der Waals surface area (Å²) >= 11 is 6.09. The van der Waals surface area contributed by atoms with Gasteiger partial charge in [0.25, 0.3) is 5.78 Å². The molecule has 0 atom stereocenters. The zero-order chi connectivity index (χ0) is 10.8. The Kier molecular flexibility index (Phi) is 2.86. The highest BCUT2D eigenvalue weighted by Crippen LogP contribution is 2.13. The van der Waals surface area contributed by atoms with E-state index in [1.165, 1.54) is 0 Å². The molecule has 2 heterocycles. The van der Waals surface area contributed by atoms with Crippen LogP contribution in [0.25, 0.3) is 5.78 Å². The Bertz CT molecular complexity index is 477. The monoisotopic (exact) mass is 224 g/mol. The van der Waals surface area contributed by atoms with Gasteiger partial charge in [-0.1, -0.05) is 31.9 Å². The number of rotatable bonds is 3. The first-order valence-electron chi connectivity index (χ1n) is 5.15. The minimum atomic E-state index is 0.579. The van der Waals surface area contributed by atoms with E-state index >= 15 is 0 Å². The number of halogens is 1. The minimum Gasteiger partial charge on any atom is -0.216 e. The first-order chi connectivity index (χ1) is 7.24. The minimum absolute atomic E-state index is 0.579. The molecule has 0 aliphatic carbocycles. The largest absolute Gasteiger partial charge is 0.254 e. The Labute approximate surface area is 93.3 Å². The molecule has 0 aliphatic rings. The van der Waals surface area contributed by atoms with Gasteiger partial charge in [0.1, 0.15) is 5.15 Å². The van der Waals surface area contributed by atoms with E-state index in [4.69, 9.17) is 11.6 Å². The normalized spacial score (nSPS) is 11.1. The van der Waals surface area contributed by atoms with Crippen molar-refractivity contribution in [3.05, 3.63) is 22.7 Å². The van der Waals surface area contributed by atoms with Crippen LogP contribution in [-0.2, 0) is 12.8 Å². The van der Waals surface area contributed by atoms with Crippen molar-refractivity contribution >= 4 is 17.4 Å². The van der Waals surface area contributed by atoms with Gasteiger partial charge in [-0.15, -0.1) is 5.10 Å². The van der Waals surface area contributed by atoms with Crippen molar-refractivity contribution in [1.82, 2.24) is 19.6 Å². The van der Waals surface area contributed by atoms with Gasteiger partial charge in [0, 0.05) is 12.1 Å². The number of fused-ring (bicyclic) bond motifs is 1. The van der Waals surface area contributed by atoms with E-state index in [1.54, 1.807) is 4.52 Å². The average Bonchev–Trinajstić information content (AvgIpc) is 2.62. The summed E-state index contributed by atoms with van der Waals surface area (Å²) in [6.45, 7) is 4.12. The lowest BCUT2D eigenvalue weighted by Crippen LogP contribution is -1.97. The van der Waals surface area contributed by atoms with Crippen LogP contribution in [0.1, 0.15) is 31.8 Å². The van der Waals surface area contributed by atoms with Gasteiger partial charge < -0.3 is 0 Å². The number of aromatic nitrogens is 4. The van der Waals surface area contributed by atoms with Crippen LogP contribution in [0.4, 0.5) is 0 Å². The molecule has 0 fully saturated rings. The number of hydrogen-bond acceptors (Lipinski definition) is 3. The summed E-state index contributed by atoms with van der Waals surface area (Å²) in [6, 6.07) is 1.85. The molecule has 0 unspecified atom stereocenters. The molecule has 80 valence electrons. The first kappa shape index (κ1) is 10.4. The Morgan fingerprint density at radius 1 is 1.33 bits per heavy atom. The van der Waals surface area contributed by atoms with Crippen molar-refractivity contribution in [1.29, 1.82) is 0 Å². The molecule has 2 rings (SSSR count). The lowest BCUT2D eigenvalue weighted by molar-refractivity contribution is 0.846. The van der Waals surface area contributed by atoms with E-state index in [9.17, 15) is 0 Å². The topological polar surface area (TPSA) is 43.1 Å². The zero-order valence-corrected chi connectivity index (χ0v) is 9.62. The maximum atomic E-state index is 6.09. The van der Waals surface area contributed by atoms with E-state index in [-0.39, 0.29) is 0 Å². The average molecular weight is 225 g/mol. The zero-order valence-electron chi connectivity index (χ0n) is 8.87. The fraction of sp³-hybridized carbons (Fsp3) is 0.500. The van der Waals surface area contributed by atoms with E-state index in [0.717, 1.165) is 30.8 Å². The van der Waals surface area contributed by atoms with Crippen LogP contribution in [0, 0.1) is 0 Å². The second-order valence-electron chi connectivity index (χ2n) is 3.41. The molecule has 0 radical (unpaired) electrons. The maximum absolute atomic E-state index is 6.09. The molecule has 0 saturated heterocycles. The molecule has 0 aliphatic heterocycles. The standard InChI is InChI=1S/C10H13ClN4/c1-3-5-7-6-8(11)15-10(12-7)13-9(4-2)14-15/h6H,3-5H2,1-2H3. The maximum Gasteiger partial charge on any atom is 0.254 e. The van der Waals surface area contributed by atoms with E-state index in [0.29, 0.717) is 10.9 Å². The third kappa shape index (κ3) is 1.95. The summed E-state index contributed by atoms with van der Waals surface area (Å²) < 4.78 is 1.58. The summed E-state index contributed by atoms with van der Waals surface area (Å²) in [6.07, 6.45) is 2.77. The Morgan fingerprint density at radius 3 is 2.80 bits per heavy atom. The molecule has 2 aromatic heterocycles. The van der Waals surface area contributed by atoms with Crippen molar-refractivity contribution in [2.24, 2.45) is 0 Å². The predicted octanol–water partition coefficient (Wildman–Crippen LogP) is 2.29. The van der Waals surface area contributed by atoms with Crippen LogP contribution in [-0.4, -0.2) is 19.6 Å². The highest BCUT2D eigenvalue weighted by atomic mass is 35.5. The molecule has 0 bridgehead atoms. The van der Waals surface area contributed by atoms with Crippen molar-refractivity contribution < 1.29 is 0 Å². The lowest BCUT2D eigenvalue weighted by Gasteiger charge is -1.99. The number of nitrogens with zero attached hydrogens (tertiary/aromatic N) is 4. The Balaban J connectivity index is 2.54. The smallest absolute Gasteiger partial charge is 0.216 e. The highest BCUT2D eigenvalue weighted by Gasteiger charge is 2.08. The van der Waals surface area contributed by atoms with Crippen LogP contribution in [0.3, 0.4) is 0 Å². The Hall–Kier alpha value is -1.16. The summed E-state index contributed by atoms with van der Waals surface area (Å²) in [5.41, 5.74) is 0.977. The first-order valence-corrected chi connectivity index (χ1v) is 5.53. The fourth-order valence-electron chi connectivity index (χ4n) is 1.45. The van der Waals surface area contributed by atoms with Gasteiger partial charge >= 0.3 is 0 Å². The van der Waals surface area contributed by atoms with Gasteiger partial charge in [0.15, 0.2) is 5.82 Å². The van der Waals surface area contributed by atoms with Crippen molar-refractivity contribution in [2.75, 3.05) is 0 Å². The molecule has 0 spiro atoms. The van der Waals surface area contributed by atoms with Gasteiger partial charge in [0.2, 0.25) is 0 Å². The molecule has 5 heteroatoms. The SMILES string of the molecule is CCCc1cc(Cl)n2nc(CC)nc2n1. The van der Waals surface area contributed by atoms with E-state index in [1.807, 2.05) is 13.0 Å². The van der Waals surface area contributed by atoms with Crippen LogP contribution < -0.4 is 0 Å². The third-order valence-corrected chi connectivity index (χ3v) is 2.46. The van der Waals surface area contributed by atoms with E-state index < -0.39 is 0 Å². The van der Waals surface area contributed by atoms with Gasteiger partial charge in [-0.25, -0.2) is 4.98 Å². The lowest BCUT2D eigenvalue weighted by atomic mass is 10.2. The second kappa shape index (κ2) is 4.14. The summed E-state index contributed by atoms with van der Waals surface area (Å²) in [5.74, 6) is 1.38. The summed E-state index contributed by atoms with van der Waals surface area (Å²) in [7, 11) is 0. The Morgan fingerprint density at radius 2 is 2.13 bits per heavy atom. The van der Waals surface area contributed by atoms with Crippen molar-refractivity contribution in [2.45, 2.75) is 33.1 Å². The molecule has 4 nitrogen and oxygen atoms in total. The van der Waals surface area contributed by atoms with Gasteiger partial charge in [-0.2, -0.15) is 9.50 Å². The molecule has 15 heavy (non-hydrogen) atoms. The quantitative estimate of drug-likeness (QED) is 0.752. The number of hydrogen-bond donors (Lipinski definition) is 0. The van der Waals surface area contributed by atoms with E-state index in [2.05, 4.69) is 22.0 Å². The predicted molar refractivity (Wildman–Crippen MR) is 59.2 cm³/mol. The van der Waals surface area contributed by atoms with Gasteiger partial charge in [-0.05, 0) is 12.5 Å². The molecule has 0 aromatic carbocycles. The third-order valence-electron chi connectivity index (χ3n) is 2.19. The molecular formula is C10H13ClN4. The van der Waals surface area contributed by atoms with Crippen molar-refractivity contribution in [3.63, 3.8) is 0 Å². The summed E-state index contributed by atoms with van der Waals surface area (Å²) in [4.78, 5) is 8.69. The second-order valence-corrected chi connectivity index (χ2v) is 3.80. The van der Waals surface area contributed by atoms with Crippen molar-refractivity contribution in [3.8, 4) is 0 Å². The summed E-state index contributed by atoms with van der Waals surface area (Å²) in [5, 5.41) is 4.82. The molecule has 0 amide bonds. The van der Waals surface area contributed by atoms with Crippen LogP contribution in [0.2, 0.25) is 5.15 Å². The molecular weight excluding hydrogens is 212 g/mol. The van der Waals surface area contributed by atoms with Crippen LogP contribution in [0.5, 0.6) is 0 Å². The van der Waals surface area contributed by atoms with Gasteiger partial charge in [-0.3, -0.25) is 0 Å².